The number of rotatable bonds is 4. The van der Waals surface area contributed by atoms with Gasteiger partial charge in [0.15, 0.2) is 5.76 Å². The molecule has 3 rings (SSSR count). The number of nitrogens with one attached hydrogen (secondary N) is 2. The van der Waals surface area contributed by atoms with E-state index in [0.717, 1.165) is 0 Å². The first kappa shape index (κ1) is 17.1. The van der Waals surface area contributed by atoms with Crippen molar-refractivity contribution >= 4 is 46.4 Å². The van der Waals surface area contributed by atoms with Gasteiger partial charge in [-0.05, 0) is 48.5 Å². The fraction of sp³-hybridized carbons (Fsp3) is 0. The third kappa shape index (κ3) is 4.21. The first-order valence-electron chi connectivity index (χ1n) is 7.24. The van der Waals surface area contributed by atoms with Crippen molar-refractivity contribution in [2.45, 2.75) is 0 Å². The molecule has 0 atom stereocenters. The number of carbonyl (C=O) groups excluding carboxylic acids is 2. The van der Waals surface area contributed by atoms with Gasteiger partial charge in [0, 0.05) is 16.3 Å². The van der Waals surface area contributed by atoms with Gasteiger partial charge in [0.1, 0.15) is 0 Å². The van der Waals surface area contributed by atoms with E-state index in [1.165, 1.54) is 6.26 Å². The molecule has 5 nitrogen and oxygen atoms in total. The molecular formula is C18H12Cl2N2O3. The van der Waals surface area contributed by atoms with Gasteiger partial charge < -0.3 is 15.1 Å². The molecule has 7 heteroatoms. The molecule has 0 saturated heterocycles. The second kappa shape index (κ2) is 7.42. The van der Waals surface area contributed by atoms with Gasteiger partial charge in [-0.2, -0.15) is 0 Å². The van der Waals surface area contributed by atoms with Gasteiger partial charge in [-0.15, -0.1) is 0 Å². The molecule has 0 fully saturated rings. The van der Waals surface area contributed by atoms with Crippen molar-refractivity contribution < 1.29 is 14.0 Å². The van der Waals surface area contributed by atoms with E-state index < -0.39 is 5.91 Å². The minimum atomic E-state index is -0.400. The highest BCUT2D eigenvalue weighted by Gasteiger charge is 2.12. The van der Waals surface area contributed by atoms with Crippen LogP contribution in [0.4, 0.5) is 11.4 Å². The van der Waals surface area contributed by atoms with E-state index in [4.69, 9.17) is 27.6 Å². The van der Waals surface area contributed by atoms with Crippen LogP contribution in [-0.4, -0.2) is 11.8 Å². The molecule has 0 bridgehead atoms. The first-order valence-corrected chi connectivity index (χ1v) is 8.00. The molecule has 0 radical (unpaired) electrons. The van der Waals surface area contributed by atoms with E-state index >= 15 is 0 Å². The maximum absolute atomic E-state index is 12.4. The fourth-order valence-electron chi connectivity index (χ4n) is 2.12. The molecule has 0 aliphatic heterocycles. The van der Waals surface area contributed by atoms with Gasteiger partial charge in [-0.25, -0.2) is 0 Å². The number of benzene rings is 2. The molecule has 0 spiro atoms. The number of hydrogen-bond donors (Lipinski definition) is 2. The molecule has 25 heavy (non-hydrogen) atoms. The average molecular weight is 375 g/mol. The number of hydrogen-bond acceptors (Lipinski definition) is 3. The van der Waals surface area contributed by atoms with E-state index in [0.29, 0.717) is 27.0 Å². The van der Waals surface area contributed by atoms with Crippen LogP contribution < -0.4 is 10.6 Å². The summed E-state index contributed by atoms with van der Waals surface area (Å²) in [6.45, 7) is 0. The summed E-state index contributed by atoms with van der Waals surface area (Å²) in [7, 11) is 0. The Hall–Kier alpha value is -2.76. The van der Waals surface area contributed by atoms with E-state index in [-0.39, 0.29) is 11.7 Å². The van der Waals surface area contributed by atoms with Crippen molar-refractivity contribution in [2.24, 2.45) is 0 Å². The zero-order valence-corrected chi connectivity index (χ0v) is 14.3. The Labute approximate surface area is 153 Å². The molecule has 1 heterocycles. The van der Waals surface area contributed by atoms with Gasteiger partial charge in [0.05, 0.1) is 17.0 Å². The normalized spacial score (nSPS) is 10.3. The van der Waals surface area contributed by atoms with Crippen LogP contribution in [0.3, 0.4) is 0 Å². The number of anilines is 2. The summed E-state index contributed by atoms with van der Waals surface area (Å²) in [5.74, 6) is -0.579. The van der Waals surface area contributed by atoms with Crippen LogP contribution in [0.2, 0.25) is 10.0 Å². The van der Waals surface area contributed by atoms with E-state index in [1.54, 1.807) is 54.6 Å². The van der Waals surface area contributed by atoms with Crippen LogP contribution in [0, 0.1) is 0 Å². The predicted octanol–water partition coefficient (Wildman–Crippen LogP) is 5.09. The predicted molar refractivity (Wildman–Crippen MR) is 97.5 cm³/mol. The second-order valence-electron chi connectivity index (χ2n) is 5.09. The average Bonchev–Trinajstić information content (AvgIpc) is 3.12. The van der Waals surface area contributed by atoms with Gasteiger partial charge in [0.25, 0.3) is 11.8 Å². The van der Waals surface area contributed by atoms with E-state index in [2.05, 4.69) is 10.6 Å². The number of furan rings is 1. The standard InChI is InChI=1S/C18H12Cl2N2O3/c19-12-6-7-15(14(20)10-12)22-17(23)11-3-1-4-13(9-11)21-18(24)16-5-2-8-25-16/h1-10H,(H,21,24)(H,22,23). The topological polar surface area (TPSA) is 71.3 Å². The number of halogens is 2. The molecule has 126 valence electrons. The maximum Gasteiger partial charge on any atom is 0.291 e. The summed E-state index contributed by atoms with van der Waals surface area (Å²) in [4.78, 5) is 24.4. The summed E-state index contributed by atoms with van der Waals surface area (Å²) in [5.41, 5.74) is 1.28. The maximum atomic E-state index is 12.4. The van der Waals surface area contributed by atoms with Crippen LogP contribution in [0.15, 0.2) is 65.3 Å². The van der Waals surface area contributed by atoms with Crippen molar-refractivity contribution in [1.82, 2.24) is 0 Å². The summed E-state index contributed by atoms with van der Waals surface area (Å²) < 4.78 is 5.03. The van der Waals surface area contributed by atoms with Gasteiger partial charge in [0.2, 0.25) is 0 Å². The van der Waals surface area contributed by atoms with Gasteiger partial charge in [-0.3, -0.25) is 9.59 Å². The lowest BCUT2D eigenvalue weighted by Gasteiger charge is -2.09. The zero-order chi connectivity index (χ0) is 17.8. The molecule has 0 saturated carbocycles. The van der Waals surface area contributed by atoms with E-state index in [9.17, 15) is 9.59 Å². The summed E-state index contributed by atoms with van der Waals surface area (Å²) >= 11 is 11.9. The Morgan fingerprint density at radius 3 is 2.44 bits per heavy atom. The Morgan fingerprint density at radius 1 is 0.880 bits per heavy atom. The molecule has 2 amide bonds. The summed E-state index contributed by atoms with van der Waals surface area (Å²) in [6, 6.07) is 14.5. The minimum absolute atomic E-state index is 0.183. The van der Waals surface area contributed by atoms with Crippen molar-refractivity contribution in [1.29, 1.82) is 0 Å². The van der Waals surface area contributed by atoms with Crippen molar-refractivity contribution in [3.8, 4) is 0 Å². The van der Waals surface area contributed by atoms with Gasteiger partial charge in [-0.1, -0.05) is 29.3 Å². The zero-order valence-electron chi connectivity index (χ0n) is 12.8. The third-order valence-corrected chi connectivity index (χ3v) is 3.85. The van der Waals surface area contributed by atoms with Crippen LogP contribution in [-0.2, 0) is 0 Å². The van der Waals surface area contributed by atoms with Crippen LogP contribution in [0.5, 0.6) is 0 Å². The highest BCUT2D eigenvalue weighted by Crippen LogP contribution is 2.26. The van der Waals surface area contributed by atoms with Crippen LogP contribution in [0.1, 0.15) is 20.9 Å². The molecule has 0 unspecified atom stereocenters. The Balaban J connectivity index is 1.74. The van der Waals surface area contributed by atoms with E-state index in [1.807, 2.05) is 0 Å². The summed E-state index contributed by atoms with van der Waals surface area (Å²) in [5, 5.41) is 6.18. The van der Waals surface area contributed by atoms with Crippen LogP contribution >= 0.6 is 23.2 Å². The monoisotopic (exact) mass is 374 g/mol. The summed E-state index contributed by atoms with van der Waals surface area (Å²) in [6.07, 6.45) is 1.41. The number of amides is 2. The largest absolute Gasteiger partial charge is 0.459 e. The third-order valence-electron chi connectivity index (χ3n) is 3.31. The first-order chi connectivity index (χ1) is 12.0. The van der Waals surface area contributed by atoms with Crippen molar-refractivity contribution in [3.63, 3.8) is 0 Å². The van der Waals surface area contributed by atoms with Crippen molar-refractivity contribution in [3.05, 3.63) is 82.2 Å². The minimum Gasteiger partial charge on any atom is -0.459 e. The molecular weight excluding hydrogens is 363 g/mol. The lowest BCUT2D eigenvalue weighted by atomic mass is 10.1. The fourth-order valence-corrected chi connectivity index (χ4v) is 2.58. The highest BCUT2D eigenvalue weighted by atomic mass is 35.5. The smallest absolute Gasteiger partial charge is 0.291 e. The molecule has 2 N–H and O–H groups in total. The highest BCUT2D eigenvalue weighted by molar-refractivity contribution is 6.36. The Morgan fingerprint density at radius 2 is 1.72 bits per heavy atom. The van der Waals surface area contributed by atoms with Crippen molar-refractivity contribution in [2.75, 3.05) is 10.6 Å². The molecule has 0 aliphatic carbocycles. The lowest BCUT2D eigenvalue weighted by molar-refractivity contribution is 0.0993. The Bertz CT molecular complexity index is 924. The van der Waals surface area contributed by atoms with Crippen LogP contribution in [0.25, 0.3) is 0 Å². The number of carbonyl (C=O) groups is 2. The van der Waals surface area contributed by atoms with Gasteiger partial charge >= 0.3 is 0 Å². The Kier molecular flexibility index (Phi) is 5.07. The second-order valence-corrected chi connectivity index (χ2v) is 5.93. The quantitative estimate of drug-likeness (QED) is 0.667. The molecule has 2 aromatic carbocycles. The molecule has 1 aromatic heterocycles. The molecule has 3 aromatic rings. The SMILES string of the molecule is O=C(Nc1ccc(Cl)cc1Cl)c1cccc(NC(=O)c2ccco2)c1. The molecule has 0 aliphatic rings. The lowest BCUT2D eigenvalue weighted by Crippen LogP contribution is -2.14.